The maximum absolute atomic E-state index is 12.6. The van der Waals surface area contributed by atoms with Crippen LogP contribution in [0.2, 0.25) is 0 Å². The molecule has 0 aromatic heterocycles. The number of ether oxygens (including phenoxy) is 10. The van der Waals surface area contributed by atoms with Crippen molar-refractivity contribution in [2.45, 2.75) is 326 Å². The lowest BCUT2D eigenvalue weighted by Gasteiger charge is -2.45. The normalized spacial score (nSPS) is 32.2. The van der Waals surface area contributed by atoms with Crippen LogP contribution in [-0.2, 0) is 95.3 Å². The Balaban J connectivity index is 0. The molecule has 16 unspecified atom stereocenters. The molecule has 0 spiro atoms. The number of carbonyl (C=O) groups is 10. The molecule has 92 heavy (non-hydrogen) atoms. The van der Waals surface area contributed by atoms with Gasteiger partial charge in [-0.1, -0.05) is 87.1 Å². The van der Waals surface area contributed by atoms with Gasteiger partial charge in [-0.05, 0) is 167 Å². The standard InChI is InChI=1S/C18H26O6.C17H24O6.C15H24O4.C14H22O4.8CH4/c1-6-17(2,3)15(20)24-18(4,5)16(21)23-12-9-7-10-11(8-9)14(19)22-13(10)12;1-4-17(2,3)16(20)21-6-5-12(18)22-13-9-7-10-11(8-9)15(19)23-14(10)13;1-6-13(2,3)12(17)19-14(4)8-7-10-9-15(14,5)18-11(10)16;1-5-13(2,3)12(16)17-10-7-6-9-8-14(10,4)18-11(9)15;;;;;;;;/h9-13H,6-8H2,1-5H3;9-11,13-14H,4-8H2,1-3H3;10H,6-9H2,1-5H3;9-10H,5-8H2,1-4H3;8*1H4. The van der Waals surface area contributed by atoms with Crippen LogP contribution in [0, 0.1) is 69.0 Å². The topological polar surface area (TPSA) is 263 Å². The van der Waals surface area contributed by atoms with Gasteiger partial charge < -0.3 is 47.4 Å². The second-order valence-electron chi connectivity index (χ2n) is 29.2. The molecule has 4 saturated heterocycles. The summed E-state index contributed by atoms with van der Waals surface area (Å²) in [7, 11) is 0. The van der Waals surface area contributed by atoms with Crippen LogP contribution in [0.25, 0.3) is 0 Å². The van der Waals surface area contributed by atoms with Crippen molar-refractivity contribution in [1.29, 1.82) is 0 Å². The maximum atomic E-state index is 12.6. The fraction of sp³-hybridized carbons (Fsp3) is 0.861. The molecule has 16 atom stereocenters. The second kappa shape index (κ2) is 32.4. The third-order valence-electron chi connectivity index (χ3n) is 21.2. The van der Waals surface area contributed by atoms with Crippen molar-refractivity contribution in [3.63, 3.8) is 0 Å². The lowest BCUT2D eigenvalue weighted by atomic mass is 9.71. The van der Waals surface area contributed by atoms with Crippen LogP contribution >= 0.6 is 0 Å². The van der Waals surface area contributed by atoms with Crippen LogP contribution in [-0.4, -0.2) is 119 Å². The first-order valence-electron chi connectivity index (χ1n) is 30.9. The zero-order valence-corrected chi connectivity index (χ0v) is 53.0. The van der Waals surface area contributed by atoms with Crippen molar-refractivity contribution in [3.8, 4) is 0 Å². The number of rotatable bonds is 17. The van der Waals surface area contributed by atoms with Gasteiger partial charge in [-0.25, -0.2) is 4.79 Å². The minimum atomic E-state index is -1.37. The van der Waals surface area contributed by atoms with Crippen molar-refractivity contribution < 1.29 is 95.3 Å². The Hall–Kier alpha value is -5.30. The first kappa shape index (κ1) is 88.8. The fourth-order valence-electron chi connectivity index (χ4n) is 13.2. The van der Waals surface area contributed by atoms with Crippen molar-refractivity contribution in [1.82, 2.24) is 0 Å². The van der Waals surface area contributed by atoms with E-state index in [0.717, 1.165) is 57.8 Å². The van der Waals surface area contributed by atoms with Gasteiger partial charge in [0, 0.05) is 36.5 Å². The highest BCUT2D eigenvalue weighted by molar-refractivity contribution is 5.85. The van der Waals surface area contributed by atoms with Crippen LogP contribution in [0.1, 0.15) is 273 Å². The molecule has 8 bridgehead atoms. The Bertz CT molecular complexity index is 2580. The predicted octanol–water partition coefficient (Wildman–Crippen LogP) is 14.5. The monoisotopic (exact) mass is 1310 g/mol. The Kier molecular flexibility index (Phi) is 31.3. The molecule has 0 N–H and O–H groups in total. The molecular formula is C72H128O20. The van der Waals surface area contributed by atoms with Crippen LogP contribution in [0.4, 0.5) is 0 Å². The third kappa shape index (κ3) is 17.8. The zero-order valence-electron chi connectivity index (χ0n) is 53.0. The largest absolute Gasteiger partial charge is 0.465 e. The maximum Gasteiger partial charge on any atom is 0.350 e. The van der Waals surface area contributed by atoms with E-state index < -0.39 is 68.1 Å². The van der Waals surface area contributed by atoms with Gasteiger partial charge in [-0.3, -0.25) is 43.2 Å². The molecule has 20 nitrogen and oxygen atoms in total. The van der Waals surface area contributed by atoms with E-state index in [9.17, 15) is 47.9 Å². The summed E-state index contributed by atoms with van der Waals surface area (Å²) in [6, 6.07) is 0. The number of carbonyl (C=O) groups excluding carboxylic acids is 10. The molecule has 6 aliphatic carbocycles. The molecule has 4 heterocycles. The van der Waals surface area contributed by atoms with Crippen molar-refractivity contribution in [2.24, 2.45) is 69.0 Å². The van der Waals surface area contributed by atoms with E-state index >= 15 is 0 Å². The molecule has 0 aromatic carbocycles. The first-order valence-corrected chi connectivity index (χ1v) is 30.9. The van der Waals surface area contributed by atoms with E-state index in [2.05, 4.69) is 0 Å². The molecule has 10 fully saturated rings. The summed E-state index contributed by atoms with van der Waals surface area (Å²) in [5.41, 5.74) is -5.53. The predicted molar refractivity (Wildman–Crippen MR) is 353 cm³/mol. The summed E-state index contributed by atoms with van der Waals surface area (Å²) in [4.78, 5) is 120. The highest BCUT2D eigenvalue weighted by atomic mass is 16.6. The van der Waals surface area contributed by atoms with Crippen LogP contribution < -0.4 is 0 Å². The number of esters is 10. The van der Waals surface area contributed by atoms with Crippen molar-refractivity contribution in [3.05, 3.63) is 0 Å². The SMILES string of the molecule is C.C.C.C.C.C.C.C.CCC(C)(C)C(=O)OC(C)(C)C(=O)OC1C2CC3C(=O)OC1C3C2.CCC(C)(C)C(=O)OC1(C)CCC2CC1(C)OC2=O.CCC(C)(C)C(=O)OC1CCC2CC1(C)OC2=O.CCC(C)(C)C(=O)OCCC(=O)OC1C2CC3C(=O)OC1C3C2. The van der Waals surface area contributed by atoms with Gasteiger partial charge in [0.05, 0.1) is 51.8 Å². The summed E-state index contributed by atoms with van der Waals surface area (Å²) >= 11 is 0. The van der Waals surface area contributed by atoms with Crippen molar-refractivity contribution in [2.75, 3.05) is 6.61 Å². The van der Waals surface area contributed by atoms with E-state index in [1.807, 2.05) is 90.0 Å². The van der Waals surface area contributed by atoms with Gasteiger partial charge >= 0.3 is 59.7 Å². The second-order valence-corrected chi connectivity index (χ2v) is 29.2. The van der Waals surface area contributed by atoms with Crippen LogP contribution in [0.3, 0.4) is 0 Å². The van der Waals surface area contributed by atoms with Crippen molar-refractivity contribution >= 4 is 59.7 Å². The molecule has 0 aromatic rings. The Labute approximate surface area is 554 Å². The zero-order chi connectivity index (χ0) is 62.7. The molecule has 0 amide bonds. The van der Waals surface area contributed by atoms with E-state index in [4.69, 9.17) is 47.4 Å². The molecule has 10 rings (SSSR count). The molecule has 10 aliphatic rings. The first-order chi connectivity index (χ1) is 38.8. The summed E-state index contributed by atoms with van der Waals surface area (Å²) < 4.78 is 54.8. The molecule has 536 valence electrons. The lowest BCUT2D eigenvalue weighted by Crippen LogP contribution is -2.55. The summed E-state index contributed by atoms with van der Waals surface area (Å²) in [6.07, 6.45) is 8.64. The Morgan fingerprint density at radius 1 is 0.489 bits per heavy atom. The van der Waals surface area contributed by atoms with Gasteiger partial charge in [0.15, 0.2) is 0 Å². The minimum absolute atomic E-state index is 0. The minimum Gasteiger partial charge on any atom is -0.465 e. The van der Waals surface area contributed by atoms with Crippen LogP contribution in [0.15, 0.2) is 0 Å². The average Bonchev–Trinajstić information content (AvgIpc) is 1.58. The highest BCUT2D eigenvalue weighted by Crippen LogP contribution is 2.57. The summed E-state index contributed by atoms with van der Waals surface area (Å²) in [5.74, 6) is -1.94. The van der Waals surface area contributed by atoms with Crippen LogP contribution in [0.5, 0.6) is 0 Å². The van der Waals surface area contributed by atoms with Gasteiger partial charge in [0.2, 0.25) is 5.60 Å². The van der Waals surface area contributed by atoms with E-state index in [0.29, 0.717) is 32.1 Å². The fourth-order valence-corrected chi connectivity index (χ4v) is 13.2. The number of hydrogen-bond donors (Lipinski definition) is 0. The van der Waals surface area contributed by atoms with Gasteiger partial charge in [0.1, 0.15) is 53.9 Å². The molecule has 0 radical (unpaired) electrons. The Morgan fingerprint density at radius 3 is 1.41 bits per heavy atom. The third-order valence-corrected chi connectivity index (χ3v) is 21.2. The lowest BCUT2D eigenvalue weighted by molar-refractivity contribution is -0.204. The van der Waals surface area contributed by atoms with Gasteiger partial charge in [0.25, 0.3) is 0 Å². The molecule has 6 saturated carbocycles. The molecule has 4 aliphatic heterocycles. The van der Waals surface area contributed by atoms with Gasteiger partial charge in [-0.15, -0.1) is 0 Å². The quantitative estimate of drug-likeness (QED) is 0.0967. The number of hydrogen-bond acceptors (Lipinski definition) is 20. The summed E-state index contributed by atoms with van der Waals surface area (Å²) in [5, 5.41) is 0. The summed E-state index contributed by atoms with van der Waals surface area (Å²) in [6.45, 7) is 31.2. The highest BCUT2D eigenvalue weighted by Gasteiger charge is 2.66. The molecule has 20 heteroatoms. The van der Waals surface area contributed by atoms with E-state index in [1.165, 1.54) is 13.8 Å². The van der Waals surface area contributed by atoms with E-state index in [1.54, 1.807) is 13.8 Å². The Morgan fingerprint density at radius 2 is 0.924 bits per heavy atom. The van der Waals surface area contributed by atoms with E-state index in [-0.39, 0.29) is 186 Å². The molecular weight excluding hydrogens is 1180 g/mol. The smallest absolute Gasteiger partial charge is 0.350 e. The van der Waals surface area contributed by atoms with Gasteiger partial charge in [-0.2, -0.15) is 0 Å². The average molecular weight is 1310 g/mol. The number of fused-ring (bicyclic) bond motifs is 6.